The van der Waals surface area contributed by atoms with Crippen molar-refractivity contribution in [2.45, 2.75) is 12.8 Å². The topological polar surface area (TPSA) is 75.0 Å². The molecule has 3 rings (SSSR count). The average molecular weight is 256 g/mol. The van der Waals surface area contributed by atoms with E-state index in [9.17, 15) is 4.79 Å². The fraction of sp³-hybridized carbons (Fsp3) is 0.286. The van der Waals surface area contributed by atoms with Crippen LogP contribution >= 0.6 is 0 Å². The molecule has 5 heteroatoms. The molecule has 0 atom stereocenters. The van der Waals surface area contributed by atoms with Gasteiger partial charge in [-0.3, -0.25) is 9.89 Å². The number of carbonyl (C=O) groups is 1. The minimum absolute atomic E-state index is 0.140. The maximum atomic E-state index is 11.7. The standard InChI is InChI=1S/C14H16N4O/c1-18-13-3-2-9(6-10(13)7-14(18)19)11-8-16-17-12(11)4-5-15/h2-3,6,8H,4-5,7,15H2,1H3,(H,16,17). The third kappa shape index (κ3) is 1.92. The number of H-pyrrole nitrogens is 1. The zero-order valence-electron chi connectivity index (χ0n) is 10.8. The Morgan fingerprint density at radius 2 is 2.32 bits per heavy atom. The molecule has 98 valence electrons. The molecule has 0 bridgehead atoms. The molecule has 19 heavy (non-hydrogen) atoms. The van der Waals surface area contributed by atoms with Crippen molar-refractivity contribution >= 4 is 11.6 Å². The number of fused-ring (bicyclic) bond motifs is 1. The van der Waals surface area contributed by atoms with Gasteiger partial charge in [0.25, 0.3) is 0 Å². The summed E-state index contributed by atoms with van der Waals surface area (Å²) < 4.78 is 0. The molecule has 1 aliphatic heterocycles. The van der Waals surface area contributed by atoms with Crippen molar-refractivity contribution in [2.75, 3.05) is 18.5 Å². The lowest BCUT2D eigenvalue weighted by atomic mass is 10.0. The highest BCUT2D eigenvalue weighted by Crippen LogP contribution is 2.32. The van der Waals surface area contributed by atoms with E-state index in [1.807, 2.05) is 25.4 Å². The van der Waals surface area contributed by atoms with Crippen molar-refractivity contribution in [1.29, 1.82) is 0 Å². The molecule has 0 aliphatic carbocycles. The van der Waals surface area contributed by atoms with Crippen molar-refractivity contribution in [3.8, 4) is 11.1 Å². The molecule has 2 aromatic rings. The average Bonchev–Trinajstić information content (AvgIpc) is 2.96. The molecule has 0 unspecified atom stereocenters. The second-order valence-electron chi connectivity index (χ2n) is 4.77. The molecule has 2 heterocycles. The van der Waals surface area contributed by atoms with Crippen LogP contribution in [0.5, 0.6) is 0 Å². The number of benzene rings is 1. The predicted molar refractivity (Wildman–Crippen MR) is 73.9 cm³/mol. The van der Waals surface area contributed by atoms with E-state index in [-0.39, 0.29) is 5.91 Å². The monoisotopic (exact) mass is 256 g/mol. The molecule has 1 aromatic carbocycles. The number of rotatable bonds is 3. The van der Waals surface area contributed by atoms with E-state index in [1.165, 1.54) is 0 Å². The summed E-state index contributed by atoms with van der Waals surface area (Å²) in [5.41, 5.74) is 10.9. The van der Waals surface area contributed by atoms with Gasteiger partial charge in [-0.25, -0.2) is 0 Å². The summed E-state index contributed by atoms with van der Waals surface area (Å²) in [6.45, 7) is 0.585. The Balaban J connectivity index is 2.02. The fourth-order valence-electron chi connectivity index (χ4n) is 2.53. The normalized spacial score (nSPS) is 14.0. The molecule has 5 nitrogen and oxygen atoms in total. The van der Waals surface area contributed by atoms with Crippen LogP contribution in [0.15, 0.2) is 24.4 Å². The summed E-state index contributed by atoms with van der Waals surface area (Å²) in [5.74, 6) is 0.140. The molecule has 0 fully saturated rings. The summed E-state index contributed by atoms with van der Waals surface area (Å²) in [6.07, 6.45) is 3.06. The summed E-state index contributed by atoms with van der Waals surface area (Å²) in [6, 6.07) is 6.09. The summed E-state index contributed by atoms with van der Waals surface area (Å²) in [4.78, 5) is 13.4. The van der Waals surface area contributed by atoms with Crippen molar-refractivity contribution in [1.82, 2.24) is 10.2 Å². The van der Waals surface area contributed by atoms with E-state index in [2.05, 4.69) is 16.3 Å². The maximum Gasteiger partial charge on any atom is 0.231 e. The van der Waals surface area contributed by atoms with Gasteiger partial charge in [-0.05, 0) is 29.8 Å². The van der Waals surface area contributed by atoms with Crippen LogP contribution in [0.4, 0.5) is 5.69 Å². The molecule has 0 saturated carbocycles. The molecule has 0 spiro atoms. The lowest BCUT2D eigenvalue weighted by molar-refractivity contribution is -0.117. The number of anilines is 1. The van der Waals surface area contributed by atoms with Crippen LogP contribution in [0.2, 0.25) is 0 Å². The molecule has 0 radical (unpaired) electrons. The number of carbonyl (C=O) groups excluding carboxylic acids is 1. The lowest BCUT2D eigenvalue weighted by Crippen LogP contribution is -2.20. The molecule has 1 amide bonds. The third-order valence-electron chi connectivity index (χ3n) is 3.58. The first-order valence-corrected chi connectivity index (χ1v) is 6.33. The van der Waals surface area contributed by atoms with Crippen LogP contribution in [-0.4, -0.2) is 29.7 Å². The number of amides is 1. The molecule has 3 N–H and O–H groups in total. The van der Waals surface area contributed by atoms with E-state index in [4.69, 9.17) is 5.73 Å². The first-order chi connectivity index (χ1) is 9.20. The number of aromatic amines is 1. The van der Waals surface area contributed by atoms with Gasteiger partial charge >= 0.3 is 0 Å². The minimum atomic E-state index is 0.140. The van der Waals surface area contributed by atoms with Crippen molar-refractivity contribution in [2.24, 2.45) is 5.73 Å². The first kappa shape index (κ1) is 11.9. The van der Waals surface area contributed by atoms with Crippen LogP contribution < -0.4 is 10.6 Å². The van der Waals surface area contributed by atoms with Crippen LogP contribution in [0, 0.1) is 0 Å². The molecular formula is C14H16N4O. The maximum absolute atomic E-state index is 11.7. The second-order valence-corrected chi connectivity index (χ2v) is 4.77. The second kappa shape index (κ2) is 4.51. The SMILES string of the molecule is CN1C(=O)Cc2cc(-c3cn[nH]c3CCN)ccc21. The van der Waals surface area contributed by atoms with Gasteiger partial charge in [0.05, 0.1) is 12.6 Å². The zero-order chi connectivity index (χ0) is 13.4. The number of nitrogens with zero attached hydrogens (tertiary/aromatic N) is 2. The van der Waals surface area contributed by atoms with Gasteiger partial charge in [0.2, 0.25) is 5.91 Å². The van der Waals surface area contributed by atoms with Crippen molar-refractivity contribution in [3.63, 3.8) is 0 Å². The lowest BCUT2D eigenvalue weighted by Gasteiger charge is -2.10. The van der Waals surface area contributed by atoms with Gasteiger partial charge in [0.15, 0.2) is 0 Å². The quantitative estimate of drug-likeness (QED) is 0.863. The Bertz CT molecular complexity index is 632. The Kier molecular flexibility index (Phi) is 2.83. The van der Waals surface area contributed by atoms with Crippen LogP contribution in [0.1, 0.15) is 11.3 Å². The Morgan fingerprint density at radius 1 is 1.47 bits per heavy atom. The van der Waals surface area contributed by atoms with E-state index in [0.717, 1.165) is 34.5 Å². The van der Waals surface area contributed by atoms with Gasteiger partial charge in [-0.1, -0.05) is 6.07 Å². The van der Waals surface area contributed by atoms with Gasteiger partial charge in [-0.15, -0.1) is 0 Å². The first-order valence-electron chi connectivity index (χ1n) is 6.33. The predicted octanol–water partition coefficient (Wildman–Crippen LogP) is 1.10. The molecule has 0 saturated heterocycles. The number of aromatic nitrogens is 2. The number of nitrogens with two attached hydrogens (primary N) is 1. The fourth-order valence-corrected chi connectivity index (χ4v) is 2.53. The Hall–Kier alpha value is -2.14. The van der Waals surface area contributed by atoms with Crippen LogP contribution in [0.3, 0.4) is 0 Å². The van der Waals surface area contributed by atoms with Crippen LogP contribution in [-0.2, 0) is 17.6 Å². The smallest absolute Gasteiger partial charge is 0.231 e. The third-order valence-corrected chi connectivity index (χ3v) is 3.58. The van der Waals surface area contributed by atoms with E-state index >= 15 is 0 Å². The molecule has 1 aliphatic rings. The van der Waals surface area contributed by atoms with E-state index in [0.29, 0.717) is 13.0 Å². The van der Waals surface area contributed by atoms with Gasteiger partial charge < -0.3 is 10.6 Å². The van der Waals surface area contributed by atoms with Crippen LogP contribution in [0.25, 0.3) is 11.1 Å². The molecule has 1 aromatic heterocycles. The zero-order valence-corrected chi connectivity index (χ0v) is 10.8. The Morgan fingerprint density at radius 3 is 3.11 bits per heavy atom. The largest absolute Gasteiger partial charge is 0.330 e. The Labute approximate surface area is 111 Å². The number of likely N-dealkylation sites (N-methyl/N-ethyl adjacent to an activating group) is 1. The van der Waals surface area contributed by atoms with E-state index in [1.54, 1.807) is 4.90 Å². The highest BCUT2D eigenvalue weighted by Gasteiger charge is 2.24. The highest BCUT2D eigenvalue weighted by molar-refractivity contribution is 6.01. The molecular weight excluding hydrogens is 240 g/mol. The number of hydrogen-bond acceptors (Lipinski definition) is 3. The van der Waals surface area contributed by atoms with Crippen molar-refractivity contribution < 1.29 is 4.79 Å². The number of nitrogens with one attached hydrogen (secondary N) is 1. The van der Waals surface area contributed by atoms with Gasteiger partial charge in [-0.2, -0.15) is 5.10 Å². The minimum Gasteiger partial charge on any atom is -0.330 e. The summed E-state index contributed by atoms with van der Waals surface area (Å²) in [7, 11) is 1.81. The summed E-state index contributed by atoms with van der Waals surface area (Å²) in [5, 5.41) is 7.07. The summed E-state index contributed by atoms with van der Waals surface area (Å²) >= 11 is 0. The van der Waals surface area contributed by atoms with E-state index < -0.39 is 0 Å². The van der Waals surface area contributed by atoms with Crippen molar-refractivity contribution in [3.05, 3.63) is 35.7 Å². The van der Waals surface area contributed by atoms with Gasteiger partial charge in [0, 0.05) is 30.4 Å². The van der Waals surface area contributed by atoms with Gasteiger partial charge in [0.1, 0.15) is 0 Å². The number of hydrogen-bond donors (Lipinski definition) is 2. The highest BCUT2D eigenvalue weighted by atomic mass is 16.2.